The molecule has 96 valence electrons. The summed E-state index contributed by atoms with van der Waals surface area (Å²) >= 11 is 1.20. The summed E-state index contributed by atoms with van der Waals surface area (Å²) in [5.41, 5.74) is 0.713. The summed E-state index contributed by atoms with van der Waals surface area (Å²) < 4.78 is 24.9. The lowest BCUT2D eigenvalue weighted by atomic mass is 10.2. The number of nitrogens with one attached hydrogen (secondary N) is 1. The van der Waals surface area contributed by atoms with Crippen molar-refractivity contribution in [1.29, 1.82) is 0 Å². The van der Waals surface area contributed by atoms with Gasteiger partial charge in [0, 0.05) is 11.8 Å². The third kappa shape index (κ3) is 5.14. The van der Waals surface area contributed by atoms with Gasteiger partial charge in [-0.3, -0.25) is 9.52 Å². The number of aryl methyl sites for hydroxylation is 1. The van der Waals surface area contributed by atoms with E-state index in [9.17, 15) is 13.2 Å². The van der Waals surface area contributed by atoms with Crippen LogP contribution in [0.3, 0.4) is 0 Å². The fraction of sp³-hybridized carbons (Fsp3) is 0.556. The van der Waals surface area contributed by atoms with Crippen molar-refractivity contribution in [2.75, 3.05) is 10.5 Å². The van der Waals surface area contributed by atoms with Crippen molar-refractivity contribution in [2.24, 2.45) is 0 Å². The number of carbonyl (C=O) groups is 1. The number of nitrogens with zero attached hydrogens (tertiary/aromatic N) is 1. The molecule has 0 saturated heterocycles. The smallest absolute Gasteiger partial charge is 0.303 e. The number of sulfonamides is 1. The topological polar surface area (TPSA) is 96.4 Å². The molecular weight excluding hydrogens is 264 g/mol. The van der Waals surface area contributed by atoms with Gasteiger partial charge in [0.25, 0.3) is 0 Å². The molecule has 0 fully saturated rings. The molecule has 0 saturated carbocycles. The van der Waals surface area contributed by atoms with Crippen LogP contribution in [0.15, 0.2) is 5.38 Å². The Morgan fingerprint density at radius 1 is 1.59 bits per heavy atom. The lowest BCUT2D eigenvalue weighted by Crippen LogP contribution is -2.14. The van der Waals surface area contributed by atoms with Crippen LogP contribution in [-0.2, 0) is 21.2 Å². The van der Waals surface area contributed by atoms with E-state index in [4.69, 9.17) is 5.11 Å². The SMILES string of the molecule is CCS(=O)(=O)Nc1nc(CCCC(=O)O)cs1. The average molecular weight is 278 g/mol. The Morgan fingerprint density at radius 2 is 2.29 bits per heavy atom. The first-order valence-corrected chi connectivity index (χ1v) is 7.63. The van der Waals surface area contributed by atoms with Gasteiger partial charge in [-0.05, 0) is 19.8 Å². The lowest BCUT2D eigenvalue weighted by Gasteiger charge is -2.00. The third-order valence-electron chi connectivity index (χ3n) is 2.00. The molecule has 6 nitrogen and oxygen atoms in total. The molecule has 1 aromatic heterocycles. The number of aromatic nitrogens is 1. The van der Waals surface area contributed by atoms with Crippen LogP contribution in [0.4, 0.5) is 5.13 Å². The molecule has 8 heteroatoms. The fourth-order valence-corrected chi connectivity index (χ4v) is 2.71. The Balaban J connectivity index is 2.51. The maximum absolute atomic E-state index is 11.3. The molecule has 0 aromatic carbocycles. The Morgan fingerprint density at radius 3 is 2.88 bits per heavy atom. The van der Waals surface area contributed by atoms with Crippen LogP contribution in [0, 0.1) is 0 Å². The summed E-state index contributed by atoms with van der Waals surface area (Å²) in [5.74, 6) is -0.840. The third-order valence-corrected chi connectivity index (χ3v) is 4.20. The van der Waals surface area contributed by atoms with Crippen LogP contribution in [0.2, 0.25) is 0 Å². The lowest BCUT2D eigenvalue weighted by molar-refractivity contribution is -0.137. The maximum atomic E-state index is 11.3. The van der Waals surface area contributed by atoms with E-state index in [0.717, 1.165) is 0 Å². The monoisotopic (exact) mass is 278 g/mol. The number of hydrogen-bond acceptors (Lipinski definition) is 5. The zero-order chi connectivity index (χ0) is 12.9. The molecule has 0 atom stereocenters. The minimum absolute atomic E-state index is 0.000920. The van der Waals surface area contributed by atoms with E-state index in [-0.39, 0.29) is 12.2 Å². The molecule has 0 spiro atoms. The molecule has 1 heterocycles. The van der Waals surface area contributed by atoms with E-state index in [2.05, 4.69) is 9.71 Å². The van der Waals surface area contributed by atoms with Crippen molar-refractivity contribution in [3.63, 3.8) is 0 Å². The van der Waals surface area contributed by atoms with Gasteiger partial charge in [0.05, 0.1) is 11.4 Å². The van der Waals surface area contributed by atoms with Gasteiger partial charge in [-0.15, -0.1) is 11.3 Å². The highest BCUT2D eigenvalue weighted by Crippen LogP contribution is 2.18. The molecule has 2 N–H and O–H groups in total. The summed E-state index contributed by atoms with van der Waals surface area (Å²) in [6, 6.07) is 0. The molecule has 0 aliphatic rings. The van der Waals surface area contributed by atoms with Gasteiger partial charge in [-0.2, -0.15) is 0 Å². The largest absolute Gasteiger partial charge is 0.481 e. The van der Waals surface area contributed by atoms with E-state index in [1.54, 1.807) is 12.3 Å². The van der Waals surface area contributed by atoms with Crippen LogP contribution in [0.25, 0.3) is 0 Å². The number of carboxylic acids is 1. The maximum Gasteiger partial charge on any atom is 0.303 e. The van der Waals surface area contributed by atoms with E-state index >= 15 is 0 Å². The number of hydrogen-bond donors (Lipinski definition) is 2. The van der Waals surface area contributed by atoms with Crippen molar-refractivity contribution in [1.82, 2.24) is 4.98 Å². The second-order valence-electron chi connectivity index (χ2n) is 3.40. The number of thiazole rings is 1. The molecule has 1 aromatic rings. The molecule has 0 bridgehead atoms. The normalized spacial score (nSPS) is 11.4. The van der Waals surface area contributed by atoms with Gasteiger partial charge in [0.2, 0.25) is 10.0 Å². The molecule has 0 unspecified atom stereocenters. The molecule has 0 aliphatic carbocycles. The standard InChI is InChI=1S/C9H14N2O4S2/c1-2-17(14,15)11-9-10-7(6-16-9)4-3-5-8(12)13/h6H,2-5H2,1H3,(H,10,11)(H,12,13). The second-order valence-corrected chi connectivity index (χ2v) is 6.27. The van der Waals surface area contributed by atoms with E-state index in [1.807, 2.05) is 0 Å². The number of rotatable bonds is 7. The van der Waals surface area contributed by atoms with Gasteiger partial charge in [0.1, 0.15) is 0 Å². The average Bonchev–Trinajstić information content (AvgIpc) is 2.64. The first kappa shape index (κ1) is 13.9. The molecule has 0 radical (unpaired) electrons. The zero-order valence-corrected chi connectivity index (χ0v) is 11.0. The highest BCUT2D eigenvalue weighted by atomic mass is 32.2. The summed E-state index contributed by atoms with van der Waals surface area (Å²) in [4.78, 5) is 14.4. The predicted molar refractivity (Wildman–Crippen MR) is 65.8 cm³/mol. The van der Waals surface area contributed by atoms with Gasteiger partial charge < -0.3 is 5.11 Å². The van der Waals surface area contributed by atoms with Gasteiger partial charge >= 0.3 is 5.97 Å². The first-order chi connectivity index (χ1) is 7.93. The molecule has 1 rings (SSSR count). The molecule has 0 amide bonds. The molecule has 17 heavy (non-hydrogen) atoms. The van der Waals surface area contributed by atoms with Crippen molar-refractivity contribution < 1.29 is 18.3 Å². The van der Waals surface area contributed by atoms with E-state index in [0.29, 0.717) is 23.7 Å². The van der Waals surface area contributed by atoms with Crippen LogP contribution in [0.5, 0.6) is 0 Å². The number of anilines is 1. The van der Waals surface area contributed by atoms with Crippen molar-refractivity contribution in [3.05, 3.63) is 11.1 Å². The van der Waals surface area contributed by atoms with Gasteiger partial charge in [-0.1, -0.05) is 0 Å². The molecular formula is C9H14N2O4S2. The van der Waals surface area contributed by atoms with Gasteiger partial charge in [-0.25, -0.2) is 13.4 Å². The predicted octanol–water partition coefficient (Wildman–Crippen LogP) is 1.31. The highest BCUT2D eigenvalue weighted by Gasteiger charge is 2.10. The Hall–Kier alpha value is -1.15. The summed E-state index contributed by atoms with van der Waals surface area (Å²) in [7, 11) is -3.29. The van der Waals surface area contributed by atoms with Crippen molar-refractivity contribution >= 4 is 32.5 Å². The number of aliphatic carboxylic acids is 1. The van der Waals surface area contributed by atoms with E-state index in [1.165, 1.54) is 11.3 Å². The minimum Gasteiger partial charge on any atom is -0.481 e. The highest BCUT2D eigenvalue weighted by molar-refractivity contribution is 7.92. The quantitative estimate of drug-likeness (QED) is 0.784. The van der Waals surface area contributed by atoms with Gasteiger partial charge in [0.15, 0.2) is 5.13 Å². The van der Waals surface area contributed by atoms with Crippen LogP contribution in [-0.4, -0.2) is 30.2 Å². The fourth-order valence-electron chi connectivity index (χ4n) is 1.09. The summed E-state index contributed by atoms with van der Waals surface area (Å²) in [6.45, 7) is 1.55. The summed E-state index contributed by atoms with van der Waals surface area (Å²) in [5, 5.41) is 10.5. The first-order valence-electron chi connectivity index (χ1n) is 5.09. The summed E-state index contributed by atoms with van der Waals surface area (Å²) in [6.07, 6.45) is 1.13. The van der Waals surface area contributed by atoms with Crippen LogP contribution < -0.4 is 4.72 Å². The molecule has 0 aliphatic heterocycles. The Bertz CT molecular complexity index is 481. The number of carboxylic acid groups (broad SMARTS) is 1. The second kappa shape index (κ2) is 5.97. The van der Waals surface area contributed by atoms with Crippen LogP contribution in [0.1, 0.15) is 25.5 Å². The minimum atomic E-state index is -3.29. The van der Waals surface area contributed by atoms with Crippen LogP contribution >= 0.6 is 11.3 Å². The van der Waals surface area contributed by atoms with Crippen molar-refractivity contribution in [3.8, 4) is 0 Å². The Labute approximate surface area is 104 Å². The van der Waals surface area contributed by atoms with E-state index < -0.39 is 16.0 Å². The van der Waals surface area contributed by atoms with Crippen molar-refractivity contribution in [2.45, 2.75) is 26.2 Å². The zero-order valence-electron chi connectivity index (χ0n) is 9.34. The Kier molecular flexibility index (Phi) is 4.88.